The molecule has 1 atom stereocenters. The van der Waals surface area contributed by atoms with E-state index in [0.717, 1.165) is 5.39 Å². The Morgan fingerprint density at radius 2 is 2.20 bits per heavy atom. The number of hydrogen-bond donors (Lipinski definition) is 1. The molecule has 2 heterocycles. The number of furan rings is 1. The zero-order valence-corrected chi connectivity index (χ0v) is 11.3. The largest absolute Gasteiger partial charge is 0.480 e. The predicted octanol–water partition coefficient (Wildman–Crippen LogP) is 2.78. The van der Waals surface area contributed by atoms with E-state index in [2.05, 4.69) is 0 Å². The van der Waals surface area contributed by atoms with Crippen molar-refractivity contribution in [3.8, 4) is 0 Å². The molecule has 6 heteroatoms. The highest BCUT2D eigenvalue weighted by Gasteiger charge is 2.35. The Morgan fingerprint density at radius 3 is 2.90 bits per heavy atom. The lowest BCUT2D eigenvalue weighted by molar-refractivity contribution is -0.141. The van der Waals surface area contributed by atoms with Crippen LogP contribution in [0.1, 0.15) is 23.4 Å². The van der Waals surface area contributed by atoms with Gasteiger partial charge < -0.3 is 14.4 Å². The summed E-state index contributed by atoms with van der Waals surface area (Å²) in [4.78, 5) is 24.8. The Labute approximate surface area is 119 Å². The normalized spacial score (nSPS) is 18.6. The molecule has 1 N–H and O–H groups in total. The van der Waals surface area contributed by atoms with E-state index in [4.69, 9.17) is 21.1 Å². The lowest BCUT2D eigenvalue weighted by Gasteiger charge is -2.19. The molecule has 1 aliphatic rings. The second-order valence-electron chi connectivity index (χ2n) is 4.76. The van der Waals surface area contributed by atoms with E-state index < -0.39 is 17.9 Å². The van der Waals surface area contributed by atoms with Crippen LogP contribution in [0.5, 0.6) is 0 Å². The number of halogens is 1. The molecule has 0 saturated carbocycles. The van der Waals surface area contributed by atoms with Crippen LogP contribution in [0.4, 0.5) is 0 Å². The highest BCUT2D eigenvalue weighted by molar-refractivity contribution is 6.34. The minimum atomic E-state index is -0.981. The van der Waals surface area contributed by atoms with Crippen LogP contribution in [0.15, 0.2) is 28.7 Å². The van der Waals surface area contributed by atoms with E-state index >= 15 is 0 Å². The number of carboxylic acid groups (broad SMARTS) is 1. The molecule has 1 saturated heterocycles. The Morgan fingerprint density at radius 1 is 1.40 bits per heavy atom. The van der Waals surface area contributed by atoms with E-state index in [1.807, 2.05) is 0 Å². The molecule has 3 rings (SSSR count). The average molecular weight is 294 g/mol. The molecule has 0 bridgehead atoms. The van der Waals surface area contributed by atoms with E-state index in [1.165, 1.54) is 4.90 Å². The monoisotopic (exact) mass is 293 g/mol. The number of benzene rings is 1. The second-order valence-corrected chi connectivity index (χ2v) is 5.17. The molecule has 0 spiro atoms. The van der Waals surface area contributed by atoms with Crippen molar-refractivity contribution in [2.24, 2.45) is 0 Å². The topological polar surface area (TPSA) is 70.8 Å². The molecule has 0 radical (unpaired) electrons. The molecule has 1 fully saturated rings. The smallest absolute Gasteiger partial charge is 0.326 e. The molecule has 1 aliphatic heterocycles. The number of nitrogens with zero attached hydrogens (tertiary/aromatic N) is 1. The highest BCUT2D eigenvalue weighted by atomic mass is 35.5. The molecular weight excluding hydrogens is 282 g/mol. The number of fused-ring (bicyclic) bond motifs is 1. The van der Waals surface area contributed by atoms with Gasteiger partial charge in [0.25, 0.3) is 5.91 Å². The Hall–Kier alpha value is -2.01. The molecular formula is C14H12ClNO4. The zero-order valence-electron chi connectivity index (χ0n) is 10.5. The fourth-order valence-corrected chi connectivity index (χ4v) is 2.76. The number of carboxylic acids is 1. The first-order valence-electron chi connectivity index (χ1n) is 6.30. The molecule has 1 amide bonds. The van der Waals surface area contributed by atoms with Crippen LogP contribution in [-0.2, 0) is 4.79 Å². The third-order valence-corrected chi connectivity index (χ3v) is 3.80. The number of carbonyl (C=O) groups is 2. The van der Waals surface area contributed by atoms with Crippen LogP contribution >= 0.6 is 11.6 Å². The van der Waals surface area contributed by atoms with Gasteiger partial charge in [-0.05, 0) is 25.0 Å². The number of amides is 1. The average Bonchev–Trinajstić information content (AvgIpc) is 3.05. The fraction of sp³-hybridized carbons (Fsp3) is 0.286. The van der Waals surface area contributed by atoms with Gasteiger partial charge in [-0.2, -0.15) is 0 Å². The number of likely N-dealkylation sites (tertiary alicyclic amines) is 1. The van der Waals surface area contributed by atoms with Gasteiger partial charge in [0.2, 0.25) is 0 Å². The summed E-state index contributed by atoms with van der Waals surface area (Å²) in [5.41, 5.74) is 0.448. The molecule has 0 aliphatic carbocycles. The predicted molar refractivity (Wildman–Crippen MR) is 72.9 cm³/mol. The van der Waals surface area contributed by atoms with Crippen molar-refractivity contribution in [2.45, 2.75) is 18.9 Å². The van der Waals surface area contributed by atoms with E-state index in [0.29, 0.717) is 30.0 Å². The van der Waals surface area contributed by atoms with Crippen molar-refractivity contribution in [1.29, 1.82) is 0 Å². The number of aliphatic carboxylic acids is 1. The minimum Gasteiger partial charge on any atom is -0.480 e. The number of hydrogen-bond acceptors (Lipinski definition) is 3. The highest BCUT2D eigenvalue weighted by Crippen LogP contribution is 2.28. The molecule has 1 aromatic carbocycles. The maximum atomic E-state index is 12.4. The minimum absolute atomic E-state index is 0.126. The molecule has 5 nitrogen and oxygen atoms in total. The van der Waals surface area contributed by atoms with Crippen LogP contribution < -0.4 is 0 Å². The SMILES string of the molecule is O=C(O)[C@@H]1CCCN1C(=O)c1cc2cccc(Cl)c2o1. The van der Waals surface area contributed by atoms with E-state index in [-0.39, 0.29) is 5.76 Å². The molecule has 104 valence electrons. The van der Waals surface area contributed by atoms with Crippen molar-refractivity contribution < 1.29 is 19.1 Å². The number of rotatable bonds is 2. The van der Waals surface area contributed by atoms with Gasteiger partial charge >= 0.3 is 5.97 Å². The summed E-state index contributed by atoms with van der Waals surface area (Å²) in [6.45, 7) is 0.431. The first-order valence-corrected chi connectivity index (χ1v) is 6.67. The van der Waals surface area contributed by atoms with Crippen LogP contribution in [0.3, 0.4) is 0 Å². The molecule has 20 heavy (non-hydrogen) atoms. The fourth-order valence-electron chi connectivity index (χ4n) is 2.54. The summed E-state index contributed by atoms with van der Waals surface area (Å²) < 4.78 is 5.49. The summed E-state index contributed by atoms with van der Waals surface area (Å²) in [6.07, 6.45) is 1.16. The second kappa shape index (κ2) is 4.83. The summed E-state index contributed by atoms with van der Waals surface area (Å²) in [6, 6.07) is 6.06. The van der Waals surface area contributed by atoms with Gasteiger partial charge in [-0.15, -0.1) is 0 Å². The summed E-state index contributed by atoms with van der Waals surface area (Å²) in [5, 5.41) is 10.3. The summed E-state index contributed by atoms with van der Waals surface area (Å²) in [5.74, 6) is -1.26. The summed E-state index contributed by atoms with van der Waals surface area (Å²) in [7, 11) is 0. The van der Waals surface area contributed by atoms with Crippen molar-refractivity contribution in [2.75, 3.05) is 6.54 Å². The van der Waals surface area contributed by atoms with Crippen molar-refractivity contribution >= 4 is 34.4 Å². The van der Waals surface area contributed by atoms with E-state index in [1.54, 1.807) is 24.3 Å². The van der Waals surface area contributed by atoms with Crippen molar-refractivity contribution in [3.63, 3.8) is 0 Å². The van der Waals surface area contributed by atoms with Gasteiger partial charge in [-0.25, -0.2) is 4.79 Å². The molecule has 1 aromatic heterocycles. The van der Waals surface area contributed by atoms with Crippen LogP contribution in [0.25, 0.3) is 11.0 Å². The molecule has 0 unspecified atom stereocenters. The van der Waals surface area contributed by atoms with Gasteiger partial charge in [-0.1, -0.05) is 23.7 Å². The van der Waals surface area contributed by atoms with Gasteiger partial charge in [0.1, 0.15) is 6.04 Å². The van der Waals surface area contributed by atoms with Crippen molar-refractivity contribution in [1.82, 2.24) is 4.90 Å². The van der Waals surface area contributed by atoms with Gasteiger partial charge in [0.05, 0.1) is 5.02 Å². The van der Waals surface area contributed by atoms with Crippen LogP contribution in [0.2, 0.25) is 5.02 Å². The van der Waals surface area contributed by atoms with Crippen LogP contribution in [0, 0.1) is 0 Å². The van der Waals surface area contributed by atoms with E-state index in [9.17, 15) is 9.59 Å². The van der Waals surface area contributed by atoms with Gasteiger partial charge in [0.15, 0.2) is 11.3 Å². The Kier molecular flexibility index (Phi) is 3.14. The standard InChI is InChI=1S/C14H12ClNO4/c15-9-4-1-3-8-7-11(20-12(8)9)13(17)16-6-2-5-10(16)14(18)19/h1,3-4,7,10H,2,5-6H2,(H,18,19)/t10-/m0/s1. The first-order chi connectivity index (χ1) is 9.58. The quantitative estimate of drug-likeness (QED) is 0.924. The third kappa shape index (κ3) is 2.04. The Bertz CT molecular complexity index is 694. The third-order valence-electron chi connectivity index (χ3n) is 3.51. The Balaban J connectivity index is 1.96. The van der Waals surface area contributed by atoms with Crippen molar-refractivity contribution in [3.05, 3.63) is 35.0 Å². The number of para-hydroxylation sites is 1. The maximum absolute atomic E-state index is 12.4. The lowest BCUT2D eigenvalue weighted by atomic mass is 10.2. The lowest BCUT2D eigenvalue weighted by Crippen LogP contribution is -2.40. The van der Waals surface area contributed by atoms with Gasteiger partial charge in [-0.3, -0.25) is 4.79 Å². The first kappa shape index (κ1) is 13.0. The number of carbonyl (C=O) groups excluding carboxylic acids is 1. The maximum Gasteiger partial charge on any atom is 0.326 e. The van der Waals surface area contributed by atoms with Gasteiger partial charge in [0, 0.05) is 11.9 Å². The zero-order chi connectivity index (χ0) is 14.3. The summed E-state index contributed by atoms with van der Waals surface area (Å²) >= 11 is 6.00. The molecule has 2 aromatic rings. The van der Waals surface area contributed by atoms with Crippen LogP contribution in [-0.4, -0.2) is 34.5 Å².